The first-order valence-corrected chi connectivity index (χ1v) is 5.82. The maximum Gasteiger partial charge on any atom is 0.409 e. The summed E-state index contributed by atoms with van der Waals surface area (Å²) in [6.07, 6.45) is -0.602. The van der Waals surface area contributed by atoms with Gasteiger partial charge in [0, 0.05) is 27.2 Å². The summed E-state index contributed by atoms with van der Waals surface area (Å²) in [6.45, 7) is 7.50. The highest BCUT2D eigenvalue weighted by atomic mass is 16.6. The van der Waals surface area contributed by atoms with Crippen LogP contribution in [0.3, 0.4) is 0 Å². The smallest absolute Gasteiger partial charge is 0.409 e. The summed E-state index contributed by atoms with van der Waals surface area (Å²) in [6, 6.07) is 0.206. The lowest BCUT2D eigenvalue weighted by molar-refractivity contribution is 0.0903. The average Bonchev–Trinajstić information content (AvgIpc) is 2.26. The summed E-state index contributed by atoms with van der Waals surface area (Å²) in [7, 11) is 6.40. The van der Waals surface area contributed by atoms with Crippen LogP contribution in [0, 0.1) is 0 Å². The van der Waals surface area contributed by atoms with Gasteiger partial charge in [-0.2, -0.15) is 0 Å². The lowest BCUT2D eigenvalue weighted by atomic mass is 10.4. The highest BCUT2D eigenvalue weighted by Gasteiger charge is 2.09. The fraction of sp³-hybridized carbons (Fsp3) is 0.846. The van der Waals surface area contributed by atoms with Crippen molar-refractivity contribution < 1.29 is 19.1 Å². The van der Waals surface area contributed by atoms with Crippen LogP contribution in [0.25, 0.3) is 0 Å². The highest BCUT2D eigenvalue weighted by molar-refractivity contribution is 5.67. The largest absolute Gasteiger partial charge is 0.453 e. The van der Waals surface area contributed by atoms with Gasteiger partial charge in [0.05, 0.1) is 13.2 Å². The summed E-state index contributed by atoms with van der Waals surface area (Å²) < 4.78 is 9.26. The molecule has 0 aliphatic heterocycles. The van der Waals surface area contributed by atoms with Crippen LogP contribution in [0.15, 0.2) is 0 Å². The van der Waals surface area contributed by atoms with Crippen LogP contribution >= 0.6 is 0 Å². The zero-order valence-corrected chi connectivity index (χ0v) is 12.7. The molecule has 0 N–H and O–H groups in total. The molecule has 19 heavy (non-hydrogen) atoms. The molecule has 2 amide bonds. The molecule has 0 aromatic rings. The molecule has 0 unspecified atom stereocenters. The molecule has 0 radical (unpaired) electrons. The molecule has 0 rings (SSSR count). The topological polar surface area (TPSA) is 59.1 Å². The number of amides is 2. The lowest BCUT2D eigenvalue weighted by Crippen LogP contribution is -2.32. The van der Waals surface area contributed by atoms with E-state index in [0.29, 0.717) is 0 Å². The third kappa shape index (κ3) is 12.8. The van der Waals surface area contributed by atoms with E-state index in [-0.39, 0.29) is 31.8 Å². The molecule has 0 aliphatic carbocycles. The van der Waals surface area contributed by atoms with Gasteiger partial charge in [-0.1, -0.05) is 7.43 Å². The van der Waals surface area contributed by atoms with E-state index in [1.807, 2.05) is 27.7 Å². The molecule has 0 saturated carbocycles. The predicted molar refractivity (Wildman–Crippen MR) is 77.3 cm³/mol. The van der Waals surface area contributed by atoms with Gasteiger partial charge in [0.1, 0.15) is 0 Å². The zero-order valence-electron chi connectivity index (χ0n) is 12.7. The first kappa shape index (κ1) is 22.7. The van der Waals surface area contributed by atoms with E-state index in [1.165, 1.54) is 16.9 Å². The van der Waals surface area contributed by atoms with Crippen molar-refractivity contribution >= 4 is 12.2 Å². The quantitative estimate of drug-likeness (QED) is 0.779. The van der Waals surface area contributed by atoms with Crippen LogP contribution in [-0.2, 0) is 9.47 Å². The second-order valence-electron chi connectivity index (χ2n) is 4.50. The van der Waals surface area contributed by atoms with Crippen molar-refractivity contribution in [2.24, 2.45) is 0 Å². The van der Waals surface area contributed by atoms with E-state index in [4.69, 9.17) is 4.74 Å². The predicted octanol–water partition coefficient (Wildman–Crippen LogP) is 2.82. The average molecular weight is 278 g/mol. The monoisotopic (exact) mass is 278 g/mol. The summed E-state index contributed by atoms with van der Waals surface area (Å²) in [5, 5.41) is 0. The van der Waals surface area contributed by atoms with Crippen molar-refractivity contribution in [3.8, 4) is 0 Å². The van der Waals surface area contributed by atoms with Crippen LogP contribution in [0.2, 0.25) is 0 Å². The molecule has 6 nitrogen and oxygen atoms in total. The van der Waals surface area contributed by atoms with Gasteiger partial charge in [-0.15, -0.1) is 0 Å². The van der Waals surface area contributed by atoms with E-state index in [0.717, 1.165) is 0 Å². The summed E-state index contributed by atoms with van der Waals surface area (Å²) >= 11 is 0. The summed E-state index contributed by atoms with van der Waals surface area (Å²) in [5.41, 5.74) is 0. The minimum atomic E-state index is -0.287. The van der Waals surface area contributed by atoms with Gasteiger partial charge in [-0.05, 0) is 27.7 Å². The minimum absolute atomic E-state index is 0. The van der Waals surface area contributed by atoms with Crippen LogP contribution in [0.5, 0.6) is 0 Å². The molecule has 116 valence electrons. The van der Waals surface area contributed by atoms with Gasteiger partial charge >= 0.3 is 12.2 Å². The number of hydrogen-bond donors (Lipinski definition) is 0. The molecule has 0 saturated heterocycles. The Balaban J connectivity index is -0.000000256. The normalized spacial score (nSPS) is 8.95. The number of nitrogens with zero attached hydrogens (tertiary/aromatic N) is 2. The molecule has 0 spiro atoms. The summed E-state index contributed by atoms with van der Waals surface area (Å²) in [5.74, 6) is 0. The second kappa shape index (κ2) is 11.6. The number of carbonyl (C=O) groups excluding carboxylic acids is 2. The number of rotatable bonds is 2. The van der Waals surface area contributed by atoms with Crippen molar-refractivity contribution in [1.29, 1.82) is 0 Å². The molecule has 6 heteroatoms. The molecular formula is C13H30N2O4. The SMILES string of the molecule is C.CC(C)OC(=O)N(C)C.COC(=O)N(C)C(C)C. The third-order valence-electron chi connectivity index (χ3n) is 1.94. The Hall–Kier alpha value is -1.46. The van der Waals surface area contributed by atoms with Crippen LogP contribution in [0.4, 0.5) is 9.59 Å². The van der Waals surface area contributed by atoms with E-state index in [1.54, 1.807) is 21.1 Å². The van der Waals surface area contributed by atoms with Gasteiger partial charge in [-0.25, -0.2) is 9.59 Å². The van der Waals surface area contributed by atoms with E-state index >= 15 is 0 Å². The third-order valence-corrected chi connectivity index (χ3v) is 1.94. The van der Waals surface area contributed by atoms with Crippen LogP contribution in [0.1, 0.15) is 35.1 Å². The number of carbonyl (C=O) groups is 2. The minimum Gasteiger partial charge on any atom is -0.453 e. The first-order valence-electron chi connectivity index (χ1n) is 5.82. The fourth-order valence-corrected chi connectivity index (χ4v) is 0.662. The molecule has 0 aromatic carbocycles. The molecule has 0 aromatic heterocycles. The molecular weight excluding hydrogens is 248 g/mol. The van der Waals surface area contributed by atoms with Gasteiger partial charge in [0.15, 0.2) is 0 Å². The molecule has 0 aliphatic rings. The number of hydrogen-bond acceptors (Lipinski definition) is 4. The summed E-state index contributed by atoms with van der Waals surface area (Å²) in [4.78, 5) is 24.2. The van der Waals surface area contributed by atoms with Crippen molar-refractivity contribution in [3.63, 3.8) is 0 Å². The lowest BCUT2D eigenvalue weighted by Gasteiger charge is -2.18. The first-order chi connectivity index (χ1) is 8.13. The molecule has 0 fully saturated rings. The Kier molecular flexibility index (Phi) is 13.9. The van der Waals surface area contributed by atoms with Gasteiger partial charge in [-0.3, -0.25) is 0 Å². The van der Waals surface area contributed by atoms with E-state index < -0.39 is 0 Å². The Morgan fingerprint density at radius 1 is 0.947 bits per heavy atom. The van der Waals surface area contributed by atoms with E-state index in [2.05, 4.69) is 4.74 Å². The van der Waals surface area contributed by atoms with Crippen molar-refractivity contribution in [1.82, 2.24) is 9.80 Å². The standard InChI is InChI=1S/2C6H13NO2.CH4/c1-5(2)7(3)6(8)9-4;1-5(2)9-6(8)7(3)4;/h2*5H,1-4H3;1H4. The van der Waals surface area contributed by atoms with Gasteiger partial charge < -0.3 is 19.3 Å². The Labute approximate surface area is 117 Å². The highest BCUT2D eigenvalue weighted by Crippen LogP contribution is 1.94. The Bertz CT molecular complexity index is 251. The maximum atomic E-state index is 10.7. The second-order valence-corrected chi connectivity index (χ2v) is 4.50. The zero-order chi connectivity index (χ0) is 14.9. The van der Waals surface area contributed by atoms with Crippen LogP contribution in [-0.4, -0.2) is 62.4 Å². The van der Waals surface area contributed by atoms with Crippen molar-refractivity contribution in [2.45, 2.75) is 47.3 Å². The van der Waals surface area contributed by atoms with Crippen molar-refractivity contribution in [2.75, 3.05) is 28.3 Å². The van der Waals surface area contributed by atoms with E-state index in [9.17, 15) is 9.59 Å². The molecule has 0 bridgehead atoms. The number of methoxy groups -OCH3 is 1. The van der Waals surface area contributed by atoms with Crippen molar-refractivity contribution in [3.05, 3.63) is 0 Å². The fourth-order valence-electron chi connectivity index (χ4n) is 0.662. The van der Waals surface area contributed by atoms with Crippen LogP contribution < -0.4 is 0 Å². The Morgan fingerprint density at radius 2 is 1.37 bits per heavy atom. The Morgan fingerprint density at radius 3 is 1.47 bits per heavy atom. The maximum absolute atomic E-state index is 10.7. The number of ether oxygens (including phenoxy) is 2. The van der Waals surface area contributed by atoms with Gasteiger partial charge in [0.2, 0.25) is 0 Å². The molecule has 0 heterocycles. The molecule has 0 atom stereocenters. The van der Waals surface area contributed by atoms with Gasteiger partial charge in [0.25, 0.3) is 0 Å².